The molecule has 0 heterocycles. The van der Waals surface area contributed by atoms with Crippen molar-refractivity contribution < 1.29 is 15.0 Å². The quantitative estimate of drug-likeness (QED) is 0.339. The van der Waals surface area contributed by atoms with Gasteiger partial charge in [-0.05, 0) is 7.05 Å². The molecule has 5 nitrogen and oxygen atoms in total. The predicted octanol–water partition coefficient (Wildman–Crippen LogP) is -1.84. The first-order chi connectivity index (χ1) is 4.22. The molecule has 0 saturated heterocycles. The van der Waals surface area contributed by atoms with E-state index < -0.39 is 18.6 Å². The van der Waals surface area contributed by atoms with Crippen LogP contribution in [0.25, 0.3) is 0 Å². The fraction of sp³-hybridized carbons (Fsp3) is 0.750. The lowest BCUT2D eigenvalue weighted by atomic mass is 10.3. The Morgan fingerprint density at radius 3 is 2.44 bits per heavy atom. The second kappa shape index (κ2) is 4.25. The first-order valence-electron chi connectivity index (χ1n) is 2.48. The normalized spacial score (nSPS) is 13.1. The maximum atomic E-state index is 10.1. The van der Waals surface area contributed by atoms with Gasteiger partial charge in [-0.15, -0.1) is 0 Å². The van der Waals surface area contributed by atoms with Gasteiger partial charge in [-0.3, -0.25) is 10.2 Å². The zero-order valence-corrected chi connectivity index (χ0v) is 5.09. The largest absolute Gasteiger partial charge is 0.480 e. The summed E-state index contributed by atoms with van der Waals surface area (Å²) in [4.78, 5) is 10.1. The van der Waals surface area contributed by atoms with Gasteiger partial charge in [0.05, 0.1) is 6.61 Å². The average molecular weight is 134 g/mol. The lowest BCUT2D eigenvalue weighted by Crippen LogP contribution is -2.45. The third-order valence-corrected chi connectivity index (χ3v) is 0.799. The molecule has 0 rings (SSSR count). The number of aliphatic carboxylic acids is 1. The van der Waals surface area contributed by atoms with Gasteiger partial charge in [0.1, 0.15) is 6.04 Å². The summed E-state index contributed by atoms with van der Waals surface area (Å²) >= 11 is 0. The molecule has 0 aromatic carbocycles. The van der Waals surface area contributed by atoms with Gasteiger partial charge in [0, 0.05) is 0 Å². The molecule has 0 saturated carbocycles. The lowest BCUT2D eigenvalue weighted by molar-refractivity contribution is -0.140. The van der Waals surface area contributed by atoms with Crippen molar-refractivity contribution in [2.24, 2.45) is 0 Å². The van der Waals surface area contributed by atoms with E-state index in [1.165, 1.54) is 7.05 Å². The molecule has 0 aromatic rings. The highest BCUT2D eigenvalue weighted by Crippen LogP contribution is 1.76. The summed E-state index contributed by atoms with van der Waals surface area (Å²) in [7, 11) is 1.53. The number of aliphatic hydroxyl groups excluding tert-OH is 1. The van der Waals surface area contributed by atoms with Crippen molar-refractivity contribution in [1.29, 1.82) is 0 Å². The molecule has 0 radical (unpaired) electrons. The van der Waals surface area contributed by atoms with E-state index in [1.807, 2.05) is 0 Å². The molecule has 5 heteroatoms. The maximum absolute atomic E-state index is 10.1. The first kappa shape index (κ1) is 8.35. The highest BCUT2D eigenvalue weighted by Gasteiger charge is 2.13. The molecule has 0 aliphatic rings. The molecule has 0 unspecified atom stereocenters. The minimum Gasteiger partial charge on any atom is -0.480 e. The molecule has 0 aliphatic carbocycles. The van der Waals surface area contributed by atoms with E-state index in [2.05, 4.69) is 10.9 Å². The summed E-state index contributed by atoms with van der Waals surface area (Å²) in [5.41, 5.74) is 4.74. The molecule has 9 heavy (non-hydrogen) atoms. The number of hydrazine groups is 1. The van der Waals surface area contributed by atoms with Crippen LogP contribution < -0.4 is 10.9 Å². The minimum absolute atomic E-state index is 0.420. The molecule has 0 bridgehead atoms. The fourth-order valence-corrected chi connectivity index (χ4v) is 0.360. The molecule has 0 aliphatic heterocycles. The standard InChI is InChI=1S/C4H10N2O3/c1-5-6-3(2-7)4(8)9/h3,5-7H,2H2,1H3,(H,8,9)/t3-/m0/s1. The van der Waals surface area contributed by atoms with Crippen LogP contribution in [0.5, 0.6) is 0 Å². The number of carboxylic acids is 1. The van der Waals surface area contributed by atoms with Crippen molar-refractivity contribution in [1.82, 2.24) is 10.9 Å². The van der Waals surface area contributed by atoms with Gasteiger partial charge in [-0.1, -0.05) is 0 Å². The monoisotopic (exact) mass is 134 g/mol. The summed E-state index contributed by atoms with van der Waals surface area (Å²) in [5.74, 6) is -1.08. The van der Waals surface area contributed by atoms with Crippen LogP contribution in [0.15, 0.2) is 0 Å². The van der Waals surface area contributed by atoms with Gasteiger partial charge in [0.25, 0.3) is 0 Å². The van der Waals surface area contributed by atoms with Gasteiger partial charge >= 0.3 is 5.97 Å². The van der Waals surface area contributed by atoms with Gasteiger partial charge in [0.2, 0.25) is 0 Å². The maximum Gasteiger partial charge on any atom is 0.324 e. The lowest BCUT2D eigenvalue weighted by Gasteiger charge is -2.08. The smallest absolute Gasteiger partial charge is 0.324 e. The average Bonchev–Trinajstić information content (AvgIpc) is 1.82. The van der Waals surface area contributed by atoms with E-state index in [1.54, 1.807) is 0 Å². The number of aliphatic hydroxyl groups is 1. The van der Waals surface area contributed by atoms with Crippen LogP contribution in [-0.4, -0.2) is 35.9 Å². The summed E-state index contributed by atoms with van der Waals surface area (Å²) in [6.07, 6.45) is 0. The zero-order valence-electron chi connectivity index (χ0n) is 5.09. The van der Waals surface area contributed by atoms with E-state index in [0.717, 1.165) is 0 Å². The van der Waals surface area contributed by atoms with Crippen LogP contribution in [-0.2, 0) is 4.79 Å². The van der Waals surface area contributed by atoms with Crippen LogP contribution in [0.3, 0.4) is 0 Å². The number of nitrogens with one attached hydrogen (secondary N) is 2. The number of carbonyl (C=O) groups is 1. The minimum atomic E-state index is -1.08. The van der Waals surface area contributed by atoms with Crippen molar-refractivity contribution in [3.8, 4) is 0 Å². The Balaban J connectivity index is 3.54. The molecular formula is C4H10N2O3. The van der Waals surface area contributed by atoms with Crippen LogP contribution in [0.1, 0.15) is 0 Å². The number of rotatable bonds is 4. The Hall–Kier alpha value is -0.650. The molecule has 0 fully saturated rings. The van der Waals surface area contributed by atoms with Crippen LogP contribution in [0.2, 0.25) is 0 Å². The molecule has 0 aromatic heterocycles. The van der Waals surface area contributed by atoms with Crippen molar-refractivity contribution in [2.45, 2.75) is 6.04 Å². The van der Waals surface area contributed by atoms with Crippen molar-refractivity contribution in [3.05, 3.63) is 0 Å². The van der Waals surface area contributed by atoms with Crippen LogP contribution in [0.4, 0.5) is 0 Å². The van der Waals surface area contributed by atoms with Gasteiger partial charge < -0.3 is 10.2 Å². The molecular weight excluding hydrogens is 124 g/mol. The van der Waals surface area contributed by atoms with E-state index in [4.69, 9.17) is 10.2 Å². The van der Waals surface area contributed by atoms with E-state index in [0.29, 0.717) is 0 Å². The van der Waals surface area contributed by atoms with Gasteiger partial charge in [-0.25, -0.2) is 5.43 Å². The Morgan fingerprint density at radius 1 is 1.78 bits per heavy atom. The van der Waals surface area contributed by atoms with Gasteiger partial charge in [-0.2, -0.15) is 0 Å². The Kier molecular flexibility index (Phi) is 3.94. The topological polar surface area (TPSA) is 81.6 Å². The number of hydrogen-bond acceptors (Lipinski definition) is 4. The summed E-state index contributed by atoms with van der Waals surface area (Å²) < 4.78 is 0. The molecule has 54 valence electrons. The summed E-state index contributed by atoms with van der Waals surface area (Å²) in [6.45, 7) is -0.420. The SMILES string of the molecule is CNN[C@@H](CO)C(=O)O. The molecule has 0 spiro atoms. The highest BCUT2D eigenvalue weighted by atomic mass is 16.4. The summed E-state index contributed by atoms with van der Waals surface area (Å²) in [5, 5.41) is 16.6. The summed E-state index contributed by atoms with van der Waals surface area (Å²) in [6, 6.07) is -0.921. The van der Waals surface area contributed by atoms with Gasteiger partial charge in [0.15, 0.2) is 0 Å². The Morgan fingerprint density at radius 2 is 2.33 bits per heavy atom. The van der Waals surface area contributed by atoms with E-state index in [-0.39, 0.29) is 0 Å². The fourth-order valence-electron chi connectivity index (χ4n) is 0.360. The Labute approximate surface area is 52.7 Å². The number of hydrogen-bond donors (Lipinski definition) is 4. The Bertz CT molecular complexity index is 95.8. The predicted molar refractivity (Wildman–Crippen MR) is 30.7 cm³/mol. The molecule has 0 amide bonds. The van der Waals surface area contributed by atoms with Crippen molar-refractivity contribution >= 4 is 5.97 Å². The zero-order chi connectivity index (χ0) is 7.28. The first-order valence-corrected chi connectivity index (χ1v) is 2.48. The highest BCUT2D eigenvalue weighted by molar-refractivity contribution is 5.73. The van der Waals surface area contributed by atoms with E-state index >= 15 is 0 Å². The van der Waals surface area contributed by atoms with Crippen molar-refractivity contribution in [2.75, 3.05) is 13.7 Å². The second-order valence-corrected chi connectivity index (χ2v) is 1.47. The number of carboxylic acid groups (broad SMARTS) is 1. The van der Waals surface area contributed by atoms with Crippen LogP contribution in [0, 0.1) is 0 Å². The molecule has 4 N–H and O–H groups in total. The van der Waals surface area contributed by atoms with E-state index in [9.17, 15) is 4.79 Å². The van der Waals surface area contributed by atoms with Crippen molar-refractivity contribution in [3.63, 3.8) is 0 Å². The third kappa shape index (κ3) is 3.02. The third-order valence-electron chi connectivity index (χ3n) is 0.799. The molecule has 1 atom stereocenters. The van der Waals surface area contributed by atoms with Crippen LogP contribution >= 0.6 is 0 Å². The second-order valence-electron chi connectivity index (χ2n) is 1.47.